The standard InChI is InChI=1S/C20H26N4O3/c1-13-8-6-7-9-15(13)21-18(25)17-14-12-24(19(26)27-20(2,3)4)11-10-16(14)23(5)22-17/h6-9H,10-12H2,1-5H3,(H,21,25). The van der Waals surface area contributed by atoms with Crippen molar-refractivity contribution in [3.63, 3.8) is 0 Å². The Kier molecular flexibility index (Phi) is 4.95. The van der Waals surface area contributed by atoms with Crippen LogP contribution in [0.4, 0.5) is 10.5 Å². The van der Waals surface area contributed by atoms with Gasteiger partial charge in [-0.2, -0.15) is 5.10 Å². The van der Waals surface area contributed by atoms with Gasteiger partial charge in [0, 0.05) is 37.0 Å². The van der Waals surface area contributed by atoms with Gasteiger partial charge in [0.25, 0.3) is 5.91 Å². The summed E-state index contributed by atoms with van der Waals surface area (Å²) < 4.78 is 7.20. The van der Waals surface area contributed by atoms with E-state index in [0.717, 1.165) is 22.5 Å². The number of fused-ring (bicyclic) bond motifs is 1. The Morgan fingerprint density at radius 2 is 1.93 bits per heavy atom. The van der Waals surface area contributed by atoms with Gasteiger partial charge in [-0.15, -0.1) is 0 Å². The van der Waals surface area contributed by atoms with E-state index in [-0.39, 0.29) is 12.0 Å². The summed E-state index contributed by atoms with van der Waals surface area (Å²) in [7, 11) is 1.83. The summed E-state index contributed by atoms with van der Waals surface area (Å²) >= 11 is 0. The van der Waals surface area contributed by atoms with E-state index in [2.05, 4.69) is 10.4 Å². The van der Waals surface area contributed by atoms with Crippen molar-refractivity contribution < 1.29 is 14.3 Å². The molecule has 27 heavy (non-hydrogen) atoms. The molecule has 7 heteroatoms. The van der Waals surface area contributed by atoms with Gasteiger partial charge in [-0.1, -0.05) is 18.2 Å². The Hall–Kier alpha value is -2.83. The van der Waals surface area contributed by atoms with Gasteiger partial charge >= 0.3 is 6.09 Å². The number of para-hydroxylation sites is 1. The zero-order valence-corrected chi connectivity index (χ0v) is 16.5. The smallest absolute Gasteiger partial charge is 0.410 e. The first-order valence-electron chi connectivity index (χ1n) is 9.05. The minimum Gasteiger partial charge on any atom is -0.444 e. The van der Waals surface area contributed by atoms with Crippen molar-refractivity contribution in [1.29, 1.82) is 0 Å². The monoisotopic (exact) mass is 370 g/mol. The molecule has 2 aromatic rings. The highest BCUT2D eigenvalue weighted by molar-refractivity contribution is 6.04. The number of amides is 2. The van der Waals surface area contributed by atoms with E-state index in [4.69, 9.17) is 4.74 Å². The van der Waals surface area contributed by atoms with Crippen LogP contribution in [0.1, 0.15) is 48.1 Å². The third-order valence-corrected chi connectivity index (χ3v) is 4.50. The van der Waals surface area contributed by atoms with Crippen molar-refractivity contribution in [3.05, 3.63) is 46.8 Å². The van der Waals surface area contributed by atoms with E-state index in [0.29, 0.717) is 25.2 Å². The molecule has 144 valence electrons. The number of hydrogen-bond donors (Lipinski definition) is 1. The fourth-order valence-corrected chi connectivity index (χ4v) is 3.15. The number of ether oxygens (including phenoxy) is 1. The number of carbonyl (C=O) groups excluding carboxylic acids is 2. The lowest BCUT2D eigenvalue weighted by molar-refractivity contribution is 0.0222. The molecule has 1 aliphatic rings. The fraction of sp³-hybridized carbons (Fsp3) is 0.450. The van der Waals surface area contributed by atoms with Crippen molar-refractivity contribution in [2.45, 2.75) is 46.3 Å². The van der Waals surface area contributed by atoms with Crippen molar-refractivity contribution >= 4 is 17.7 Å². The third kappa shape index (κ3) is 4.13. The number of nitrogens with zero attached hydrogens (tertiary/aromatic N) is 3. The molecule has 3 rings (SSSR count). The van der Waals surface area contributed by atoms with Crippen LogP contribution in [0.15, 0.2) is 24.3 Å². The Morgan fingerprint density at radius 1 is 1.22 bits per heavy atom. The Balaban J connectivity index is 1.83. The second-order valence-electron chi connectivity index (χ2n) is 7.82. The maximum absolute atomic E-state index is 12.8. The summed E-state index contributed by atoms with van der Waals surface area (Å²) in [4.78, 5) is 26.9. The molecule has 1 aromatic carbocycles. The van der Waals surface area contributed by atoms with Crippen molar-refractivity contribution in [1.82, 2.24) is 14.7 Å². The quantitative estimate of drug-likeness (QED) is 0.880. The van der Waals surface area contributed by atoms with Crippen LogP contribution in [0.5, 0.6) is 0 Å². The molecule has 2 amide bonds. The van der Waals surface area contributed by atoms with Gasteiger partial charge in [0.1, 0.15) is 5.60 Å². The number of anilines is 1. The second-order valence-corrected chi connectivity index (χ2v) is 7.82. The zero-order valence-electron chi connectivity index (χ0n) is 16.5. The van der Waals surface area contributed by atoms with E-state index in [1.807, 2.05) is 59.0 Å². The second kappa shape index (κ2) is 7.06. The summed E-state index contributed by atoms with van der Waals surface area (Å²) in [5.41, 5.74) is 3.28. The number of benzene rings is 1. The molecule has 0 atom stereocenters. The third-order valence-electron chi connectivity index (χ3n) is 4.50. The number of aromatic nitrogens is 2. The van der Waals surface area contributed by atoms with E-state index in [9.17, 15) is 9.59 Å². The largest absolute Gasteiger partial charge is 0.444 e. The maximum Gasteiger partial charge on any atom is 0.410 e. The van der Waals surface area contributed by atoms with E-state index >= 15 is 0 Å². The van der Waals surface area contributed by atoms with Gasteiger partial charge < -0.3 is 15.0 Å². The van der Waals surface area contributed by atoms with Gasteiger partial charge in [-0.25, -0.2) is 4.79 Å². The Labute approximate surface area is 159 Å². The van der Waals surface area contributed by atoms with Crippen LogP contribution in [0.3, 0.4) is 0 Å². The lowest BCUT2D eigenvalue weighted by atomic mass is 10.0. The normalized spacial score (nSPS) is 13.9. The van der Waals surface area contributed by atoms with E-state index < -0.39 is 5.60 Å². The van der Waals surface area contributed by atoms with Crippen LogP contribution >= 0.6 is 0 Å². The van der Waals surface area contributed by atoms with E-state index in [1.165, 1.54) is 0 Å². The minimum atomic E-state index is -0.558. The average Bonchev–Trinajstić information content (AvgIpc) is 2.92. The number of rotatable bonds is 2. The molecule has 0 saturated heterocycles. The minimum absolute atomic E-state index is 0.271. The maximum atomic E-state index is 12.8. The molecule has 1 aromatic heterocycles. The molecule has 0 spiro atoms. The summed E-state index contributed by atoms with van der Waals surface area (Å²) in [5.74, 6) is -0.271. The van der Waals surface area contributed by atoms with Gasteiger partial charge in [0.15, 0.2) is 5.69 Å². The van der Waals surface area contributed by atoms with Crippen LogP contribution < -0.4 is 5.32 Å². The highest BCUT2D eigenvalue weighted by Crippen LogP contribution is 2.25. The molecule has 0 bridgehead atoms. The first-order valence-corrected chi connectivity index (χ1v) is 9.05. The lowest BCUT2D eigenvalue weighted by Crippen LogP contribution is -2.40. The highest BCUT2D eigenvalue weighted by Gasteiger charge is 2.31. The van der Waals surface area contributed by atoms with Crippen LogP contribution in [-0.2, 0) is 24.8 Å². The summed E-state index contributed by atoms with van der Waals surface area (Å²) in [6, 6.07) is 7.59. The number of hydrogen-bond acceptors (Lipinski definition) is 4. The van der Waals surface area contributed by atoms with Gasteiger partial charge in [-0.3, -0.25) is 9.48 Å². The molecule has 1 N–H and O–H groups in total. The molecule has 0 radical (unpaired) electrons. The lowest BCUT2D eigenvalue weighted by Gasteiger charge is -2.30. The Morgan fingerprint density at radius 3 is 2.59 bits per heavy atom. The number of carbonyl (C=O) groups is 2. The van der Waals surface area contributed by atoms with Crippen molar-refractivity contribution in [2.24, 2.45) is 7.05 Å². The topological polar surface area (TPSA) is 76.5 Å². The molecule has 0 unspecified atom stereocenters. The van der Waals surface area contributed by atoms with Crippen molar-refractivity contribution in [3.8, 4) is 0 Å². The van der Waals surface area contributed by atoms with Crippen molar-refractivity contribution in [2.75, 3.05) is 11.9 Å². The molecular formula is C20H26N4O3. The van der Waals surface area contributed by atoms with Crippen LogP contribution in [0.25, 0.3) is 0 Å². The SMILES string of the molecule is Cc1ccccc1NC(=O)c1nn(C)c2c1CN(C(=O)OC(C)(C)C)CC2. The van der Waals surface area contributed by atoms with Crippen LogP contribution in [-0.4, -0.2) is 38.8 Å². The molecular weight excluding hydrogens is 344 g/mol. The van der Waals surface area contributed by atoms with Gasteiger partial charge in [0.2, 0.25) is 0 Å². The summed E-state index contributed by atoms with van der Waals surface area (Å²) in [6.07, 6.45) is 0.262. The molecule has 0 saturated carbocycles. The predicted octanol–water partition coefficient (Wildman–Crippen LogP) is 3.27. The predicted molar refractivity (Wildman–Crippen MR) is 103 cm³/mol. The molecule has 0 fully saturated rings. The number of nitrogens with one attached hydrogen (secondary N) is 1. The molecule has 2 heterocycles. The summed E-state index contributed by atoms with van der Waals surface area (Å²) in [5, 5.41) is 7.34. The first kappa shape index (κ1) is 18.9. The molecule has 1 aliphatic heterocycles. The van der Waals surface area contributed by atoms with Gasteiger partial charge in [0.05, 0.1) is 6.54 Å². The average molecular weight is 370 g/mol. The Bertz CT molecular complexity index is 880. The van der Waals surface area contributed by atoms with Crippen LogP contribution in [0.2, 0.25) is 0 Å². The van der Waals surface area contributed by atoms with Gasteiger partial charge in [-0.05, 0) is 39.3 Å². The summed E-state index contributed by atoms with van der Waals surface area (Å²) in [6.45, 7) is 8.31. The van der Waals surface area contributed by atoms with E-state index in [1.54, 1.807) is 9.58 Å². The molecule has 0 aliphatic carbocycles. The number of aryl methyl sites for hydroxylation is 2. The molecule has 7 nitrogen and oxygen atoms in total. The zero-order chi connectivity index (χ0) is 19.8. The fourth-order valence-electron chi connectivity index (χ4n) is 3.15. The first-order chi connectivity index (χ1) is 12.7. The highest BCUT2D eigenvalue weighted by atomic mass is 16.6. The van der Waals surface area contributed by atoms with Crippen LogP contribution in [0, 0.1) is 6.92 Å².